The van der Waals surface area contributed by atoms with E-state index in [0.717, 1.165) is 30.1 Å². The fourth-order valence-corrected chi connectivity index (χ4v) is 5.14. The zero-order valence-corrected chi connectivity index (χ0v) is 14.1. The molecule has 23 heavy (non-hydrogen) atoms. The smallest absolute Gasteiger partial charge is 0.309 e. The minimum absolute atomic E-state index is 0.0224. The van der Waals surface area contributed by atoms with E-state index in [4.69, 9.17) is 4.74 Å². The van der Waals surface area contributed by atoms with Crippen LogP contribution in [0.2, 0.25) is 0 Å². The fourth-order valence-electron chi connectivity index (χ4n) is 4.45. The number of hydrogen-bond donors (Lipinski definition) is 0. The quantitative estimate of drug-likeness (QED) is 0.797. The van der Waals surface area contributed by atoms with Gasteiger partial charge in [-0.1, -0.05) is 6.07 Å². The molecule has 3 atom stereocenters. The van der Waals surface area contributed by atoms with E-state index >= 15 is 0 Å². The summed E-state index contributed by atoms with van der Waals surface area (Å²) in [7, 11) is 0. The van der Waals surface area contributed by atoms with Gasteiger partial charge in [0.2, 0.25) is 0 Å². The number of piperidine rings is 1. The lowest BCUT2D eigenvalue weighted by Gasteiger charge is -2.32. The third-order valence-electron chi connectivity index (χ3n) is 5.79. The number of ether oxygens (including phenoxy) is 1. The number of rotatable bonds is 3. The second-order valence-corrected chi connectivity index (χ2v) is 8.14. The summed E-state index contributed by atoms with van der Waals surface area (Å²) in [6.45, 7) is 1.32. The summed E-state index contributed by atoms with van der Waals surface area (Å²) in [4.78, 5) is 27.4. The molecule has 3 fully saturated rings. The van der Waals surface area contributed by atoms with Crippen molar-refractivity contribution in [2.24, 2.45) is 17.8 Å². The summed E-state index contributed by atoms with van der Waals surface area (Å²) in [5.41, 5.74) is 0. The van der Waals surface area contributed by atoms with Crippen LogP contribution in [0.5, 0.6) is 0 Å². The minimum atomic E-state index is -0.0264. The Hall–Kier alpha value is -1.36. The van der Waals surface area contributed by atoms with Gasteiger partial charge in [-0.15, -0.1) is 11.3 Å². The number of hydrogen-bond acceptors (Lipinski definition) is 4. The van der Waals surface area contributed by atoms with Crippen molar-refractivity contribution in [1.82, 2.24) is 4.90 Å². The monoisotopic (exact) mass is 333 g/mol. The van der Waals surface area contributed by atoms with Crippen molar-refractivity contribution in [3.8, 4) is 0 Å². The normalized spacial score (nSPS) is 30.6. The molecule has 0 N–H and O–H groups in total. The first kappa shape index (κ1) is 15.2. The molecule has 1 amide bonds. The molecule has 5 heteroatoms. The van der Waals surface area contributed by atoms with Crippen LogP contribution in [0.1, 0.15) is 48.2 Å². The molecule has 2 aliphatic carbocycles. The first-order chi connectivity index (χ1) is 11.2. The Bertz CT molecular complexity index is 577. The average molecular weight is 333 g/mol. The van der Waals surface area contributed by atoms with Gasteiger partial charge in [0, 0.05) is 13.1 Å². The second-order valence-electron chi connectivity index (χ2n) is 7.19. The summed E-state index contributed by atoms with van der Waals surface area (Å²) >= 11 is 1.48. The Morgan fingerprint density at radius 2 is 1.96 bits per heavy atom. The number of fused-ring (bicyclic) bond motifs is 2. The zero-order valence-electron chi connectivity index (χ0n) is 13.3. The maximum Gasteiger partial charge on any atom is 0.309 e. The van der Waals surface area contributed by atoms with E-state index in [1.807, 2.05) is 22.4 Å². The van der Waals surface area contributed by atoms with Crippen molar-refractivity contribution in [1.29, 1.82) is 0 Å². The van der Waals surface area contributed by atoms with Crippen LogP contribution in [0.3, 0.4) is 0 Å². The van der Waals surface area contributed by atoms with Crippen LogP contribution in [0.25, 0.3) is 0 Å². The van der Waals surface area contributed by atoms with E-state index in [0.29, 0.717) is 19.0 Å². The van der Waals surface area contributed by atoms with Crippen LogP contribution in [0, 0.1) is 17.8 Å². The highest BCUT2D eigenvalue weighted by atomic mass is 32.1. The zero-order chi connectivity index (χ0) is 15.8. The van der Waals surface area contributed by atoms with Crippen LogP contribution >= 0.6 is 11.3 Å². The van der Waals surface area contributed by atoms with Gasteiger partial charge in [-0.25, -0.2) is 0 Å². The largest absolute Gasteiger partial charge is 0.462 e. The molecule has 1 aromatic rings. The Morgan fingerprint density at radius 1 is 1.13 bits per heavy atom. The Labute approximate surface area is 140 Å². The van der Waals surface area contributed by atoms with Gasteiger partial charge in [0.1, 0.15) is 6.10 Å². The van der Waals surface area contributed by atoms with E-state index in [2.05, 4.69) is 0 Å². The molecule has 0 aromatic carbocycles. The summed E-state index contributed by atoms with van der Waals surface area (Å²) in [6.07, 6.45) is 6.52. The maximum atomic E-state index is 12.4. The predicted octanol–water partition coefficient (Wildman–Crippen LogP) is 3.33. The molecule has 124 valence electrons. The lowest BCUT2D eigenvalue weighted by atomic mass is 9.95. The highest BCUT2D eigenvalue weighted by Gasteiger charge is 2.42. The molecule has 0 spiro atoms. The van der Waals surface area contributed by atoms with Gasteiger partial charge in [0.25, 0.3) is 5.91 Å². The highest BCUT2D eigenvalue weighted by Crippen LogP contribution is 2.46. The van der Waals surface area contributed by atoms with E-state index in [9.17, 15) is 9.59 Å². The molecular formula is C18H23NO3S. The Morgan fingerprint density at radius 3 is 2.57 bits per heavy atom. The lowest BCUT2D eigenvalue weighted by molar-refractivity contribution is -0.158. The number of nitrogens with zero attached hydrogens (tertiary/aromatic N) is 1. The molecule has 1 saturated heterocycles. The number of carbonyl (C=O) groups is 2. The van der Waals surface area contributed by atoms with E-state index in [-0.39, 0.29) is 23.9 Å². The molecule has 0 radical (unpaired) electrons. The van der Waals surface area contributed by atoms with Crippen LogP contribution in [0.15, 0.2) is 17.5 Å². The molecule has 1 aliphatic heterocycles. The van der Waals surface area contributed by atoms with Crippen molar-refractivity contribution in [2.45, 2.75) is 44.6 Å². The molecule has 4 rings (SSSR count). The third-order valence-corrected chi connectivity index (χ3v) is 6.65. The van der Waals surface area contributed by atoms with Crippen LogP contribution in [-0.2, 0) is 9.53 Å². The number of carbonyl (C=O) groups excluding carboxylic acids is 2. The van der Waals surface area contributed by atoms with Gasteiger partial charge >= 0.3 is 5.97 Å². The first-order valence-corrected chi connectivity index (χ1v) is 9.62. The predicted molar refractivity (Wildman–Crippen MR) is 88.3 cm³/mol. The highest BCUT2D eigenvalue weighted by molar-refractivity contribution is 7.12. The number of thiophene rings is 1. The van der Waals surface area contributed by atoms with Crippen LogP contribution in [0.4, 0.5) is 0 Å². The standard InChI is InChI=1S/C18H23NO3S/c20-17(16-2-1-9-23-16)19-7-5-13(6-8-19)18(21)22-15-11-12-3-4-14(15)10-12/h1-2,9,12-15H,3-8,10-11H2. The number of esters is 1. The van der Waals surface area contributed by atoms with E-state index in [1.165, 1.54) is 30.6 Å². The SMILES string of the molecule is O=C(OC1CC2CCC1C2)C1CCN(C(=O)c2cccs2)CC1. The fraction of sp³-hybridized carbons (Fsp3) is 0.667. The van der Waals surface area contributed by atoms with Gasteiger partial charge in [-0.05, 0) is 61.8 Å². The van der Waals surface area contributed by atoms with Crippen molar-refractivity contribution >= 4 is 23.2 Å². The van der Waals surface area contributed by atoms with Crippen molar-refractivity contribution in [3.63, 3.8) is 0 Å². The van der Waals surface area contributed by atoms with Gasteiger partial charge in [-0.2, -0.15) is 0 Å². The average Bonchev–Trinajstić information content (AvgIpc) is 3.32. The molecule has 3 unspecified atom stereocenters. The summed E-state index contributed by atoms with van der Waals surface area (Å²) < 4.78 is 5.81. The molecule has 4 nitrogen and oxygen atoms in total. The van der Waals surface area contributed by atoms with Crippen LogP contribution < -0.4 is 0 Å². The third kappa shape index (κ3) is 3.03. The van der Waals surface area contributed by atoms with Crippen molar-refractivity contribution in [3.05, 3.63) is 22.4 Å². The first-order valence-electron chi connectivity index (χ1n) is 8.74. The molecule has 3 aliphatic rings. The number of likely N-dealkylation sites (tertiary alicyclic amines) is 1. The molecule has 2 bridgehead atoms. The maximum absolute atomic E-state index is 12.4. The summed E-state index contributed by atoms with van der Waals surface area (Å²) in [5, 5.41) is 1.92. The molecular weight excluding hydrogens is 310 g/mol. The van der Waals surface area contributed by atoms with Crippen LogP contribution in [-0.4, -0.2) is 36.0 Å². The Kier molecular flexibility index (Phi) is 4.14. The Balaban J connectivity index is 1.28. The topological polar surface area (TPSA) is 46.6 Å². The second kappa shape index (κ2) is 6.27. The van der Waals surface area contributed by atoms with E-state index < -0.39 is 0 Å². The van der Waals surface area contributed by atoms with Gasteiger partial charge in [0.05, 0.1) is 10.8 Å². The number of amides is 1. The molecule has 1 aromatic heterocycles. The van der Waals surface area contributed by atoms with Gasteiger partial charge in [0.15, 0.2) is 0 Å². The van der Waals surface area contributed by atoms with Gasteiger partial charge in [-0.3, -0.25) is 9.59 Å². The van der Waals surface area contributed by atoms with Crippen molar-refractivity contribution < 1.29 is 14.3 Å². The molecule has 2 saturated carbocycles. The summed E-state index contributed by atoms with van der Waals surface area (Å²) in [5.74, 6) is 1.46. The minimum Gasteiger partial charge on any atom is -0.462 e. The van der Waals surface area contributed by atoms with Crippen molar-refractivity contribution in [2.75, 3.05) is 13.1 Å². The summed E-state index contributed by atoms with van der Waals surface area (Å²) in [6, 6.07) is 3.76. The molecule has 2 heterocycles. The van der Waals surface area contributed by atoms with Gasteiger partial charge < -0.3 is 9.64 Å². The lowest BCUT2D eigenvalue weighted by Crippen LogP contribution is -2.41. The van der Waals surface area contributed by atoms with E-state index in [1.54, 1.807) is 0 Å².